The van der Waals surface area contributed by atoms with Crippen LogP contribution in [0.3, 0.4) is 0 Å². The molecule has 0 radical (unpaired) electrons. The average molecular weight is 1970 g/mol. The molecule has 6 amide bonds. The third kappa shape index (κ3) is 28.1. The number of halogens is 4. The first kappa shape index (κ1) is 115. The zero-order chi connectivity index (χ0) is 105. The summed E-state index contributed by atoms with van der Waals surface area (Å²) in [6.07, 6.45) is -2.35. The van der Waals surface area contributed by atoms with E-state index in [4.69, 9.17) is 43.2 Å². The van der Waals surface area contributed by atoms with Crippen LogP contribution in [0.25, 0.3) is 0 Å². The Morgan fingerprint density at radius 2 is 0.894 bits per heavy atom. The fraction of sp³-hybridized carbons (Fsp3) is 0.536. The number of carbonyl (C=O) groups is 6. The van der Waals surface area contributed by atoms with Crippen molar-refractivity contribution >= 4 is 52.5 Å². The van der Waals surface area contributed by atoms with E-state index in [9.17, 15) is 46.3 Å². The summed E-state index contributed by atoms with van der Waals surface area (Å²) in [7, 11) is 19.0. The molecule has 7 aliphatic heterocycles. The number of hydrogen-bond donors (Lipinski definition) is 1. The van der Waals surface area contributed by atoms with E-state index in [0.29, 0.717) is 73.9 Å². The zero-order valence-electron chi connectivity index (χ0n) is 89.8. The molecule has 1 unspecified atom stereocenters. The molecule has 1 N–H and O–H groups in total. The van der Waals surface area contributed by atoms with Crippen molar-refractivity contribution in [3.8, 4) is 52.1 Å². The quantitative estimate of drug-likeness (QED) is 0.0832. The fourth-order valence-corrected chi connectivity index (χ4v) is 19.2. The highest BCUT2D eigenvalue weighted by molar-refractivity contribution is 7.12. The van der Waals surface area contributed by atoms with Crippen molar-refractivity contribution in [3.05, 3.63) is 206 Å². The van der Waals surface area contributed by atoms with E-state index < -0.39 is 28.9 Å². The van der Waals surface area contributed by atoms with Gasteiger partial charge >= 0.3 is 12.1 Å². The van der Waals surface area contributed by atoms with Gasteiger partial charge in [0.2, 0.25) is 5.91 Å². The van der Waals surface area contributed by atoms with Crippen LogP contribution < -0.4 is 48.1 Å². The Bertz CT molecular complexity index is 5790. The molecule has 15 rings (SSSR count). The van der Waals surface area contributed by atoms with Gasteiger partial charge in [0, 0.05) is 127 Å². The van der Waals surface area contributed by atoms with Crippen molar-refractivity contribution in [2.75, 3.05) is 122 Å². The number of nitrogens with zero attached hydrogens (tertiary/aromatic N) is 9. The highest BCUT2D eigenvalue weighted by Crippen LogP contribution is 2.45. The predicted octanol–water partition coefficient (Wildman–Crippen LogP) is 22.3. The monoisotopic (exact) mass is 1970 g/mol. The van der Waals surface area contributed by atoms with E-state index in [-0.39, 0.29) is 66.1 Å². The van der Waals surface area contributed by atoms with Crippen LogP contribution in [-0.2, 0) is 71.8 Å². The van der Waals surface area contributed by atoms with Crippen LogP contribution in [0, 0.1) is 24.1 Å². The molecule has 141 heavy (non-hydrogen) atoms. The number of methoxy groups -OCH3 is 7. The lowest BCUT2D eigenvalue weighted by Gasteiger charge is -2.38. The number of aryl methyl sites for hydroxylation is 1. The molecule has 1 atom stereocenters. The second-order valence-corrected chi connectivity index (χ2v) is 41.7. The number of alkyl halides is 3. The van der Waals surface area contributed by atoms with Gasteiger partial charge in [-0.25, -0.2) is 9.37 Å². The van der Waals surface area contributed by atoms with E-state index in [1.165, 1.54) is 56.0 Å². The number of nitrogens with one attached hydrogen (secondary N) is 1. The number of piperazine rings is 1. The minimum absolute atomic E-state index is 0.00259. The largest absolute Gasteiger partial charge is 0.496 e. The maximum absolute atomic E-state index is 14.4. The number of anilines is 1. The molecule has 8 aromatic rings. The Kier molecular flexibility index (Phi) is 40.3. The first-order valence-electron chi connectivity index (χ1n) is 48.9. The molecule has 29 heteroatoms. The van der Waals surface area contributed by atoms with Crippen molar-refractivity contribution in [1.29, 1.82) is 5.26 Å². The molecule has 1 saturated heterocycles. The van der Waals surface area contributed by atoms with Crippen molar-refractivity contribution in [3.63, 3.8) is 0 Å². The molecule has 0 aliphatic carbocycles. The number of nitriles is 1. The number of thiazole rings is 1. The van der Waals surface area contributed by atoms with Crippen LogP contribution in [0.15, 0.2) is 84.9 Å². The molecular weight excluding hydrogens is 1820 g/mol. The van der Waals surface area contributed by atoms with Crippen molar-refractivity contribution < 1.29 is 84.2 Å². The summed E-state index contributed by atoms with van der Waals surface area (Å²) < 4.78 is 95.6. The first-order chi connectivity index (χ1) is 66.1. The molecule has 8 heterocycles. The van der Waals surface area contributed by atoms with Crippen molar-refractivity contribution in [2.45, 2.75) is 282 Å². The molecule has 24 nitrogen and oxygen atoms in total. The van der Waals surface area contributed by atoms with E-state index in [2.05, 4.69) is 135 Å². The van der Waals surface area contributed by atoms with Gasteiger partial charge in [0.1, 0.15) is 62.2 Å². The number of ether oxygens (including phenoxy) is 8. The van der Waals surface area contributed by atoms with Gasteiger partial charge in [0.25, 0.3) is 23.6 Å². The lowest BCUT2D eigenvalue weighted by molar-refractivity contribution is -0.186. The number of fused-ring (bicyclic) bond motifs is 6. The number of hydrogen-bond acceptors (Lipinski definition) is 19. The van der Waals surface area contributed by atoms with Crippen LogP contribution in [-0.4, -0.2) is 205 Å². The molecule has 0 bridgehead atoms. The number of rotatable bonds is 17. The van der Waals surface area contributed by atoms with E-state index in [0.717, 1.165) is 163 Å². The standard InChI is InChI=1S/C17H25FN2O2.C15H18F3NO2.C15H21NO3.C15H21NO2.2C13H17NO2.C13H19NO.C11H16N2S/c1-11(2)13-8-15(18)14(9-16(13)22-5)17(21)20-7-6-19(4)10-12(20)3;1-9(2)12-6-11-8-19(14(20)15(16,17)18)5-4-10(11)7-13(12)21-3;1-9(2)10-7-13-11(8-12(10)18-6)16(5)14(17)15(3,4)19-13;1-10(2)14-7-12-5-6-16(11(3)17)9-13(12)8-15(14)18-4;1-8(2)10-6-11-9(5-12(10)16-4)7-14(3)13(11)15;1-8(2)10-5-9-7-14(3)13(15)11(9)6-12(10)16-4;1-9(2)12-6-11-8-14-5-4-10(11)7-13(12)15-3;1-7(2)9-8(3)13-10(14-9)11(4,5)6-12/h8-9,11-12H,6-7,10H2,1-5H3;6-7,9H,4-5,8H2,1-3H3;7-9H,1-6H3;7-8,10H,5-6,9H2,1-4H3;2*5-6,8H,7H2,1-4H3;6-7,9,14H,4-5,8H2,1-3H3;7H,1-5H3. The molecule has 7 aromatic carbocycles. The molecule has 1 fully saturated rings. The summed E-state index contributed by atoms with van der Waals surface area (Å²) in [6, 6.07) is 29.7. The van der Waals surface area contributed by atoms with Crippen LogP contribution in [0.4, 0.5) is 23.2 Å². The topological polar surface area (TPSA) is 248 Å². The van der Waals surface area contributed by atoms with Crippen molar-refractivity contribution in [2.24, 2.45) is 0 Å². The van der Waals surface area contributed by atoms with Crippen molar-refractivity contribution in [1.82, 2.24) is 39.7 Å². The van der Waals surface area contributed by atoms with Crippen LogP contribution >= 0.6 is 11.3 Å². The summed E-state index contributed by atoms with van der Waals surface area (Å²) in [5.74, 6) is 7.21. The number of likely N-dealkylation sites (N-methyl/N-ethyl adjacent to an activating group) is 2. The third-order valence-electron chi connectivity index (χ3n) is 26.4. The summed E-state index contributed by atoms with van der Waals surface area (Å²) in [5.41, 5.74) is 19.2. The fourth-order valence-electron chi connectivity index (χ4n) is 18.1. The number of aromatic nitrogens is 1. The highest BCUT2D eigenvalue weighted by atomic mass is 32.1. The molecular formula is C112H154F4N10O14S. The Hall–Kier alpha value is -11.5. The maximum atomic E-state index is 14.4. The zero-order valence-corrected chi connectivity index (χ0v) is 90.7. The number of carbonyl (C=O) groups excluding carboxylic acids is 6. The Labute approximate surface area is 839 Å². The maximum Gasteiger partial charge on any atom is 0.471 e. The van der Waals surface area contributed by atoms with Gasteiger partial charge in [0.15, 0.2) is 5.60 Å². The van der Waals surface area contributed by atoms with Gasteiger partial charge in [-0.1, -0.05) is 123 Å². The van der Waals surface area contributed by atoms with Gasteiger partial charge in [-0.05, 0) is 266 Å². The summed E-state index contributed by atoms with van der Waals surface area (Å²) >= 11 is 1.67. The third-order valence-corrected chi connectivity index (χ3v) is 28.2. The van der Waals surface area contributed by atoms with E-state index in [1.54, 1.807) is 109 Å². The Balaban J connectivity index is 0.000000198. The summed E-state index contributed by atoms with van der Waals surface area (Å²) in [4.78, 5) is 88.9. The van der Waals surface area contributed by atoms with Gasteiger partial charge in [-0.15, -0.1) is 11.3 Å². The predicted molar refractivity (Wildman–Crippen MR) is 552 cm³/mol. The minimum atomic E-state index is -4.81. The normalized spacial score (nSPS) is 15.6. The number of benzene rings is 7. The first-order valence-corrected chi connectivity index (χ1v) is 49.7. The lowest BCUT2D eigenvalue weighted by Crippen LogP contribution is -2.52. The highest BCUT2D eigenvalue weighted by Gasteiger charge is 2.44. The SMILES string of the molecule is COc1cc(C(=O)N2CCN(C)CC2C)c(F)cc1C(C)C.COc1cc2c(cc1C(C)C)C(=O)N(C)C2.COc1cc2c(cc1C(C)C)CCN(C(C)=O)C2.COc1cc2c(cc1C(C)C)CN(C(=O)C(F)(F)F)CC2.COc1cc2c(cc1C(C)C)CN(C)C2=O.COc1cc2c(cc1C(C)C)CNCC2.COc1cc2c(cc1C(C)C)OC(C)(C)C(=O)N2C.Cc1nc(C(C)(C)C#N)sc1C(C)C. The number of amides is 6. The van der Waals surface area contributed by atoms with Gasteiger partial charge < -0.3 is 77.5 Å². The summed E-state index contributed by atoms with van der Waals surface area (Å²) in [6.45, 7) is 54.0. The lowest BCUT2D eigenvalue weighted by atomic mass is 9.92. The smallest absolute Gasteiger partial charge is 0.471 e. The van der Waals surface area contributed by atoms with Gasteiger partial charge in [-0.2, -0.15) is 18.4 Å². The Morgan fingerprint density at radius 1 is 0.504 bits per heavy atom. The molecule has 770 valence electrons. The second kappa shape index (κ2) is 49.5. The van der Waals surface area contributed by atoms with Crippen LogP contribution in [0.2, 0.25) is 0 Å². The average Bonchev–Trinajstić information content (AvgIpc) is 1.29. The van der Waals surface area contributed by atoms with Gasteiger partial charge in [-0.3, -0.25) is 28.8 Å². The summed E-state index contributed by atoms with van der Waals surface area (Å²) in [5, 5.41) is 13.3. The second-order valence-electron chi connectivity index (χ2n) is 40.7. The van der Waals surface area contributed by atoms with Crippen LogP contribution in [0.1, 0.15) is 330 Å². The van der Waals surface area contributed by atoms with Crippen LogP contribution in [0.5, 0.6) is 46.0 Å². The minimum Gasteiger partial charge on any atom is -0.496 e. The molecule has 7 aliphatic rings. The Morgan fingerprint density at radius 3 is 1.35 bits per heavy atom. The van der Waals surface area contributed by atoms with E-state index >= 15 is 0 Å². The molecule has 1 aromatic heterocycles. The van der Waals surface area contributed by atoms with Gasteiger partial charge in [0.05, 0.1) is 72.8 Å². The van der Waals surface area contributed by atoms with E-state index in [1.807, 2.05) is 124 Å². The molecule has 0 spiro atoms. The molecule has 0 saturated carbocycles.